The number of aryl methyl sites for hydroxylation is 1. The summed E-state index contributed by atoms with van der Waals surface area (Å²) < 4.78 is 15.3. The van der Waals surface area contributed by atoms with Crippen LogP contribution in [-0.2, 0) is 4.79 Å². The lowest BCUT2D eigenvalue weighted by Crippen LogP contribution is -2.49. The first-order valence-corrected chi connectivity index (χ1v) is 12.5. The van der Waals surface area contributed by atoms with Gasteiger partial charge < -0.3 is 9.80 Å². The molecule has 1 aromatic carbocycles. The van der Waals surface area contributed by atoms with Gasteiger partial charge in [-0.25, -0.2) is 19.0 Å². The standard InChI is InChI=1S/C26H35FN6O/c1-5-7-9-22(34)31-14-16-32(17-15-31)25-23-19(4)30-33(21-12-10-20(27)11-13-21)26(23)29-24(28-25)18(3)8-6-2/h10-13,18H,5-9,14-17H2,1-4H3/t18-/m0/s1. The zero-order chi connectivity index (χ0) is 24.2. The maximum Gasteiger partial charge on any atom is 0.222 e. The fourth-order valence-electron chi connectivity index (χ4n) is 4.61. The average molecular weight is 467 g/mol. The Balaban J connectivity index is 1.72. The molecule has 7 nitrogen and oxygen atoms in total. The van der Waals surface area contributed by atoms with E-state index in [9.17, 15) is 9.18 Å². The Morgan fingerprint density at radius 2 is 1.76 bits per heavy atom. The highest BCUT2D eigenvalue weighted by molar-refractivity contribution is 5.91. The second-order valence-electron chi connectivity index (χ2n) is 9.24. The number of carbonyl (C=O) groups excluding carboxylic acids is 1. The van der Waals surface area contributed by atoms with Gasteiger partial charge in [-0.1, -0.05) is 33.6 Å². The molecule has 1 amide bonds. The number of hydrogen-bond acceptors (Lipinski definition) is 5. The molecule has 1 saturated heterocycles. The summed E-state index contributed by atoms with van der Waals surface area (Å²) in [7, 11) is 0. The molecule has 0 unspecified atom stereocenters. The van der Waals surface area contributed by atoms with E-state index in [4.69, 9.17) is 15.1 Å². The van der Waals surface area contributed by atoms with Crippen molar-refractivity contribution in [3.63, 3.8) is 0 Å². The third-order valence-electron chi connectivity index (χ3n) is 6.61. The molecular weight excluding hydrogens is 431 g/mol. The number of aromatic nitrogens is 4. The number of piperazine rings is 1. The monoisotopic (exact) mass is 466 g/mol. The lowest BCUT2D eigenvalue weighted by atomic mass is 10.1. The normalized spacial score (nSPS) is 15.2. The van der Waals surface area contributed by atoms with Gasteiger partial charge in [0.25, 0.3) is 0 Å². The highest BCUT2D eigenvalue weighted by Gasteiger charge is 2.27. The van der Waals surface area contributed by atoms with Crippen LogP contribution in [0.25, 0.3) is 16.7 Å². The van der Waals surface area contributed by atoms with Gasteiger partial charge in [-0.3, -0.25) is 4.79 Å². The Kier molecular flexibility index (Phi) is 7.44. The Labute approximate surface area is 201 Å². The molecule has 0 spiro atoms. The molecule has 0 N–H and O–H groups in total. The summed E-state index contributed by atoms with van der Waals surface area (Å²) in [5.41, 5.74) is 2.35. The molecule has 1 fully saturated rings. The molecule has 1 aliphatic heterocycles. The van der Waals surface area contributed by atoms with Gasteiger partial charge in [0.05, 0.1) is 16.8 Å². The maximum atomic E-state index is 13.6. The van der Waals surface area contributed by atoms with Gasteiger partial charge in [0, 0.05) is 38.5 Å². The van der Waals surface area contributed by atoms with Crippen LogP contribution in [0.3, 0.4) is 0 Å². The first-order valence-electron chi connectivity index (χ1n) is 12.5. The Hall–Kier alpha value is -3.03. The average Bonchev–Trinajstić information content (AvgIpc) is 3.19. The van der Waals surface area contributed by atoms with Gasteiger partial charge in [-0.15, -0.1) is 0 Å². The number of halogens is 1. The van der Waals surface area contributed by atoms with Gasteiger partial charge in [-0.05, 0) is 44.0 Å². The summed E-state index contributed by atoms with van der Waals surface area (Å²) in [5.74, 6) is 1.85. The van der Waals surface area contributed by atoms with Crippen LogP contribution in [0, 0.1) is 12.7 Å². The molecular formula is C26H35FN6O. The van der Waals surface area contributed by atoms with Crippen molar-refractivity contribution < 1.29 is 9.18 Å². The van der Waals surface area contributed by atoms with Crippen molar-refractivity contribution in [2.24, 2.45) is 0 Å². The van der Waals surface area contributed by atoms with Gasteiger partial charge in [0.15, 0.2) is 5.65 Å². The third-order valence-corrected chi connectivity index (χ3v) is 6.61. The van der Waals surface area contributed by atoms with Crippen molar-refractivity contribution >= 4 is 22.8 Å². The minimum Gasteiger partial charge on any atom is -0.352 e. The molecule has 4 rings (SSSR count). The minimum atomic E-state index is -0.282. The third kappa shape index (κ3) is 4.91. The molecule has 1 aliphatic rings. The van der Waals surface area contributed by atoms with E-state index in [-0.39, 0.29) is 17.6 Å². The van der Waals surface area contributed by atoms with E-state index >= 15 is 0 Å². The number of hydrogen-bond donors (Lipinski definition) is 0. The van der Waals surface area contributed by atoms with Crippen LogP contribution in [0.5, 0.6) is 0 Å². The number of rotatable bonds is 8. The van der Waals surface area contributed by atoms with Crippen molar-refractivity contribution in [1.82, 2.24) is 24.6 Å². The summed E-state index contributed by atoms with van der Waals surface area (Å²) >= 11 is 0. The van der Waals surface area contributed by atoms with Crippen LogP contribution in [0.4, 0.5) is 10.2 Å². The molecule has 3 aromatic rings. The van der Waals surface area contributed by atoms with E-state index in [1.54, 1.807) is 16.8 Å². The number of nitrogens with zero attached hydrogens (tertiary/aromatic N) is 6. The molecule has 0 radical (unpaired) electrons. The van der Waals surface area contributed by atoms with Crippen molar-refractivity contribution in [2.45, 2.75) is 65.7 Å². The van der Waals surface area contributed by atoms with E-state index in [2.05, 4.69) is 25.7 Å². The number of amides is 1. The van der Waals surface area contributed by atoms with Crippen LogP contribution in [0.2, 0.25) is 0 Å². The quantitative estimate of drug-likeness (QED) is 0.467. The summed E-state index contributed by atoms with van der Waals surface area (Å²) in [5, 5.41) is 5.69. The van der Waals surface area contributed by atoms with Crippen molar-refractivity contribution in [3.05, 3.63) is 41.6 Å². The van der Waals surface area contributed by atoms with Gasteiger partial charge in [0.2, 0.25) is 5.91 Å². The molecule has 182 valence electrons. The predicted molar refractivity (Wildman–Crippen MR) is 133 cm³/mol. The molecule has 0 saturated carbocycles. The highest BCUT2D eigenvalue weighted by Crippen LogP contribution is 2.32. The Morgan fingerprint density at radius 1 is 1.06 bits per heavy atom. The van der Waals surface area contributed by atoms with Crippen molar-refractivity contribution in [2.75, 3.05) is 31.1 Å². The van der Waals surface area contributed by atoms with Crippen molar-refractivity contribution in [1.29, 1.82) is 0 Å². The predicted octanol–water partition coefficient (Wildman–Crippen LogP) is 5.01. The fourth-order valence-corrected chi connectivity index (χ4v) is 4.61. The van der Waals surface area contributed by atoms with E-state index in [1.807, 2.05) is 11.8 Å². The molecule has 8 heteroatoms. The minimum absolute atomic E-state index is 0.210. The van der Waals surface area contributed by atoms with Crippen LogP contribution in [0.1, 0.15) is 70.3 Å². The first kappa shape index (κ1) is 24.1. The number of carbonyl (C=O) groups is 1. The Morgan fingerprint density at radius 3 is 2.41 bits per heavy atom. The summed E-state index contributed by atoms with van der Waals surface area (Å²) in [6, 6.07) is 6.32. The molecule has 2 aromatic heterocycles. The van der Waals surface area contributed by atoms with Crippen LogP contribution >= 0.6 is 0 Å². The van der Waals surface area contributed by atoms with Gasteiger partial charge >= 0.3 is 0 Å². The van der Waals surface area contributed by atoms with E-state index in [1.165, 1.54) is 12.1 Å². The number of benzene rings is 1. The Bertz CT molecular complexity index is 1130. The topological polar surface area (TPSA) is 67.2 Å². The highest BCUT2D eigenvalue weighted by atomic mass is 19.1. The number of fused-ring (bicyclic) bond motifs is 1. The lowest BCUT2D eigenvalue weighted by molar-refractivity contribution is -0.131. The van der Waals surface area contributed by atoms with E-state index in [0.717, 1.165) is 72.8 Å². The fraction of sp³-hybridized carbons (Fsp3) is 0.538. The van der Waals surface area contributed by atoms with Gasteiger partial charge in [-0.2, -0.15) is 5.10 Å². The largest absolute Gasteiger partial charge is 0.352 e. The van der Waals surface area contributed by atoms with Crippen LogP contribution in [-0.4, -0.2) is 56.7 Å². The first-order chi connectivity index (χ1) is 16.4. The van der Waals surface area contributed by atoms with Crippen molar-refractivity contribution in [3.8, 4) is 5.69 Å². The van der Waals surface area contributed by atoms with E-state index < -0.39 is 0 Å². The zero-order valence-corrected chi connectivity index (χ0v) is 20.7. The van der Waals surface area contributed by atoms with E-state index in [0.29, 0.717) is 19.5 Å². The van der Waals surface area contributed by atoms with Crippen LogP contribution < -0.4 is 4.90 Å². The number of unbranched alkanes of at least 4 members (excludes halogenated alkanes) is 1. The second kappa shape index (κ2) is 10.5. The zero-order valence-electron chi connectivity index (χ0n) is 20.7. The maximum absolute atomic E-state index is 13.6. The molecule has 1 atom stereocenters. The molecule has 0 aliphatic carbocycles. The summed E-state index contributed by atoms with van der Waals surface area (Å²) in [6.07, 6.45) is 4.63. The van der Waals surface area contributed by atoms with Crippen LogP contribution in [0.15, 0.2) is 24.3 Å². The lowest BCUT2D eigenvalue weighted by Gasteiger charge is -2.36. The summed E-state index contributed by atoms with van der Waals surface area (Å²) in [4.78, 5) is 26.7. The smallest absolute Gasteiger partial charge is 0.222 e. The van der Waals surface area contributed by atoms with Gasteiger partial charge in [0.1, 0.15) is 17.5 Å². The molecule has 3 heterocycles. The second-order valence-corrected chi connectivity index (χ2v) is 9.24. The summed E-state index contributed by atoms with van der Waals surface area (Å²) in [6.45, 7) is 11.2. The molecule has 0 bridgehead atoms. The number of anilines is 1. The SMILES string of the molecule is CCCCC(=O)N1CCN(c2nc([C@@H](C)CCC)nc3c2c(C)nn3-c2ccc(F)cc2)CC1. The molecule has 34 heavy (non-hydrogen) atoms.